The first-order valence-electron chi connectivity index (χ1n) is 8.51. The van der Waals surface area contributed by atoms with Crippen LogP contribution >= 0.6 is 23.7 Å². The molecule has 132 valence electrons. The molecule has 0 bridgehead atoms. The molecule has 0 fully saturated rings. The molecule has 3 heterocycles. The topological polar surface area (TPSA) is 55.6 Å². The number of halogens is 1. The number of aryl methyl sites for hydroxylation is 1. The van der Waals surface area contributed by atoms with Gasteiger partial charge in [0.2, 0.25) is 0 Å². The van der Waals surface area contributed by atoms with Crippen LogP contribution in [0.3, 0.4) is 0 Å². The van der Waals surface area contributed by atoms with E-state index < -0.39 is 0 Å². The van der Waals surface area contributed by atoms with Crippen molar-refractivity contribution in [3.05, 3.63) is 53.1 Å². The van der Waals surface area contributed by atoms with Crippen LogP contribution in [0, 0.1) is 0 Å². The molecule has 0 aliphatic carbocycles. The van der Waals surface area contributed by atoms with Gasteiger partial charge in [-0.2, -0.15) is 0 Å². The van der Waals surface area contributed by atoms with Gasteiger partial charge in [0.1, 0.15) is 16.7 Å². The Labute approximate surface area is 157 Å². The molecule has 1 aromatic carbocycles. The zero-order valence-electron chi connectivity index (χ0n) is 14.0. The third kappa shape index (κ3) is 4.26. The van der Waals surface area contributed by atoms with E-state index >= 15 is 0 Å². The van der Waals surface area contributed by atoms with E-state index in [1.807, 2.05) is 18.2 Å². The van der Waals surface area contributed by atoms with E-state index in [-0.39, 0.29) is 12.4 Å². The minimum atomic E-state index is 0. The summed E-state index contributed by atoms with van der Waals surface area (Å²) in [5.41, 5.74) is 2.26. The average Bonchev–Trinajstić information content (AvgIpc) is 3.17. The molecule has 7 heteroatoms. The molecule has 0 atom stereocenters. The van der Waals surface area contributed by atoms with Gasteiger partial charge in [-0.15, -0.1) is 33.9 Å². The van der Waals surface area contributed by atoms with Crippen LogP contribution < -0.4 is 5.32 Å². The highest BCUT2D eigenvalue weighted by molar-refractivity contribution is 7.13. The molecule has 0 saturated heterocycles. The zero-order valence-corrected chi connectivity index (χ0v) is 15.7. The van der Waals surface area contributed by atoms with Gasteiger partial charge in [0, 0.05) is 30.5 Å². The van der Waals surface area contributed by atoms with Gasteiger partial charge in [-0.1, -0.05) is 36.8 Å². The number of benzene rings is 1. The van der Waals surface area contributed by atoms with Crippen LogP contribution in [-0.2, 0) is 26.1 Å². The van der Waals surface area contributed by atoms with Crippen molar-refractivity contribution in [3.63, 3.8) is 0 Å². The lowest BCUT2D eigenvalue weighted by molar-refractivity contribution is 0.570. The Morgan fingerprint density at radius 2 is 1.92 bits per heavy atom. The van der Waals surface area contributed by atoms with Gasteiger partial charge in [0.05, 0.1) is 12.2 Å². The predicted molar refractivity (Wildman–Crippen MR) is 103 cm³/mol. The van der Waals surface area contributed by atoms with Gasteiger partial charge in [-0.3, -0.25) is 0 Å². The number of fused-ring (bicyclic) bond motifs is 1. The summed E-state index contributed by atoms with van der Waals surface area (Å²) in [7, 11) is 0. The van der Waals surface area contributed by atoms with Gasteiger partial charge < -0.3 is 9.88 Å². The van der Waals surface area contributed by atoms with Crippen molar-refractivity contribution in [2.75, 3.05) is 0 Å². The van der Waals surface area contributed by atoms with Gasteiger partial charge >= 0.3 is 0 Å². The number of hydrogen-bond donors (Lipinski definition) is 1. The summed E-state index contributed by atoms with van der Waals surface area (Å²) in [4.78, 5) is 4.72. The quantitative estimate of drug-likeness (QED) is 0.736. The number of nitrogens with one attached hydrogen (secondary N) is 1. The van der Waals surface area contributed by atoms with Crippen LogP contribution in [0.1, 0.15) is 36.6 Å². The highest BCUT2D eigenvalue weighted by Crippen LogP contribution is 2.23. The molecule has 1 aliphatic rings. The van der Waals surface area contributed by atoms with Gasteiger partial charge in [-0.05, 0) is 12.8 Å². The van der Waals surface area contributed by atoms with Crippen LogP contribution in [0.2, 0.25) is 0 Å². The summed E-state index contributed by atoms with van der Waals surface area (Å²) >= 11 is 1.69. The average molecular weight is 376 g/mol. The van der Waals surface area contributed by atoms with Crippen molar-refractivity contribution in [2.24, 2.45) is 0 Å². The van der Waals surface area contributed by atoms with E-state index in [1.54, 1.807) is 11.3 Å². The van der Waals surface area contributed by atoms with E-state index in [2.05, 4.69) is 37.6 Å². The molecule has 0 radical (unpaired) electrons. The van der Waals surface area contributed by atoms with Crippen LogP contribution in [0.4, 0.5) is 0 Å². The highest BCUT2D eigenvalue weighted by atomic mass is 35.5. The molecule has 25 heavy (non-hydrogen) atoms. The third-order valence-corrected chi connectivity index (χ3v) is 5.29. The van der Waals surface area contributed by atoms with E-state index in [0.29, 0.717) is 0 Å². The van der Waals surface area contributed by atoms with Crippen molar-refractivity contribution in [2.45, 2.75) is 45.3 Å². The standard InChI is InChI=1S/C18H21N5S.ClH/c1-3-7-14(8-4-1)18-20-15(13-24-18)11-19-12-17-22-21-16-9-5-2-6-10-23(16)17;/h1,3-4,7-8,13,19H,2,5-6,9-12H2;1H. The Morgan fingerprint density at radius 1 is 1.04 bits per heavy atom. The first-order chi connectivity index (χ1) is 11.9. The maximum atomic E-state index is 4.72. The fraction of sp³-hybridized carbons (Fsp3) is 0.389. The Morgan fingerprint density at radius 3 is 2.80 bits per heavy atom. The molecule has 0 spiro atoms. The summed E-state index contributed by atoms with van der Waals surface area (Å²) in [5.74, 6) is 2.19. The van der Waals surface area contributed by atoms with Gasteiger partial charge in [0.25, 0.3) is 0 Å². The lowest BCUT2D eigenvalue weighted by Crippen LogP contribution is -2.17. The number of aromatic nitrogens is 4. The summed E-state index contributed by atoms with van der Waals surface area (Å²) in [6.45, 7) is 2.55. The lowest BCUT2D eigenvalue weighted by Gasteiger charge is -2.07. The molecule has 1 N–H and O–H groups in total. The second-order valence-corrected chi connectivity index (χ2v) is 6.97. The third-order valence-electron chi connectivity index (χ3n) is 4.35. The van der Waals surface area contributed by atoms with Crippen LogP contribution in [0.5, 0.6) is 0 Å². The van der Waals surface area contributed by atoms with Crippen molar-refractivity contribution >= 4 is 23.7 Å². The van der Waals surface area contributed by atoms with Crippen LogP contribution in [-0.4, -0.2) is 19.7 Å². The van der Waals surface area contributed by atoms with Crippen molar-refractivity contribution < 1.29 is 0 Å². The predicted octanol–water partition coefficient (Wildman–Crippen LogP) is 3.84. The maximum absolute atomic E-state index is 4.72. The Bertz CT molecular complexity index is 799. The van der Waals surface area contributed by atoms with E-state index in [4.69, 9.17) is 4.98 Å². The Kier molecular flexibility index (Phi) is 6.18. The summed E-state index contributed by atoms with van der Waals surface area (Å²) in [5, 5.41) is 15.4. The zero-order chi connectivity index (χ0) is 16.2. The lowest BCUT2D eigenvalue weighted by atomic mass is 10.2. The highest BCUT2D eigenvalue weighted by Gasteiger charge is 2.14. The minimum Gasteiger partial charge on any atom is -0.314 e. The minimum absolute atomic E-state index is 0. The van der Waals surface area contributed by atoms with Crippen LogP contribution in [0.15, 0.2) is 35.7 Å². The molecular formula is C18H22ClN5S. The number of thiazole rings is 1. The molecule has 1 aliphatic heterocycles. The summed E-state index contributed by atoms with van der Waals surface area (Å²) in [6, 6.07) is 10.3. The van der Waals surface area contributed by atoms with Crippen molar-refractivity contribution in [1.82, 2.24) is 25.1 Å². The maximum Gasteiger partial charge on any atom is 0.147 e. The molecule has 0 unspecified atom stereocenters. The van der Waals surface area contributed by atoms with Crippen molar-refractivity contribution in [1.29, 1.82) is 0 Å². The largest absolute Gasteiger partial charge is 0.314 e. The monoisotopic (exact) mass is 375 g/mol. The molecule has 2 aromatic heterocycles. The molecule has 3 aromatic rings. The Balaban J connectivity index is 0.00000182. The van der Waals surface area contributed by atoms with Gasteiger partial charge in [0.15, 0.2) is 0 Å². The molecular weight excluding hydrogens is 354 g/mol. The molecule has 0 amide bonds. The second-order valence-electron chi connectivity index (χ2n) is 6.11. The summed E-state index contributed by atoms with van der Waals surface area (Å²) < 4.78 is 2.29. The second kappa shape index (κ2) is 8.56. The van der Waals surface area contributed by atoms with E-state index in [1.165, 1.54) is 24.8 Å². The SMILES string of the molecule is Cl.c1ccc(-c2nc(CNCc3nnc4n3CCCCC4)cs2)cc1. The van der Waals surface area contributed by atoms with Gasteiger partial charge in [-0.25, -0.2) is 4.98 Å². The van der Waals surface area contributed by atoms with Crippen LogP contribution in [0.25, 0.3) is 10.6 Å². The van der Waals surface area contributed by atoms with Crippen molar-refractivity contribution in [3.8, 4) is 10.6 Å². The normalized spacial score (nSPS) is 13.8. The Hall–Kier alpha value is -1.76. The first-order valence-corrected chi connectivity index (χ1v) is 9.39. The number of rotatable bonds is 5. The van der Waals surface area contributed by atoms with E-state index in [0.717, 1.165) is 48.4 Å². The summed E-state index contributed by atoms with van der Waals surface area (Å²) in [6.07, 6.45) is 4.80. The fourth-order valence-electron chi connectivity index (χ4n) is 3.08. The molecule has 4 rings (SSSR count). The molecule has 5 nitrogen and oxygen atoms in total. The fourth-order valence-corrected chi connectivity index (χ4v) is 3.91. The first kappa shape index (κ1) is 18.0. The smallest absolute Gasteiger partial charge is 0.147 e. The van der Waals surface area contributed by atoms with E-state index in [9.17, 15) is 0 Å². The molecule has 0 saturated carbocycles. The number of nitrogens with zero attached hydrogens (tertiary/aromatic N) is 4. The number of hydrogen-bond acceptors (Lipinski definition) is 5.